The van der Waals surface area contributed by atoms with Gasteiger partial charge in [-0.1, -0.05) is 47.5 Å². The fourth-order valence-electron chi connectivity index (χ4n) is 2.82. The summed E-state index contributed by atoms with van der Waals surface area (Å²) in [6.07, 6.45) is 5.19. The molecule has 1 saturated carbocycles. The Morgan fingerprint density at radius 2 is 1.91 bits per heavy atom. The topological polar surface area (TPSA) is 47.0 Å². The van der Waals surface area contributed by atoms with Gasteiger partial charge in [-0.2, -0.15) is 4.98 Å². The smallest absolute Gasteiger partial charge is 0.218 e. The standard InChI is InChI=1S/C18H31N3O/c1-12(2)11-22-17-10-16(20-18(21-17)13(3)4)19-15-9-7-6-8-14(15)5/h10,12-15H,6-9,11H2,1-5H3,(H,19,20,21). The van der Waals surface area contributed by atoms with Crippen LogP contribution >= 0.6 is 0 Å². The zero-order valence-electron chi connectivity index (χ0n) is 14.7. The second-order valence-electron chi connectivity index (χ2n) is 7.32. The molecule has 1 aliphatic carbocycles. The lowest BCUT2D eigenvalue weighted by molar-refractivity contribution is 0.260. The lowest BCUT2D eigenvalue weighted by atomic mass is 9.86. The third kappa shape index (κ3) is 4.85. The normalized spacial score (nSPS) is 22.1. The highest BCUT2D eigenvalue weighted by Gasteiger charge is 2.22. The molecule has 1 aliphatic rings. The number of hydrogen-bond donors (Lipinski definition) is 1. The van der Waals surface area contributed by atoms with Crippen LogP contribution < -0.4 is 10.1 Å². The van der Waals surface area contributed by atoms with Gasteiger partial charge in [0, 0.05) is 18.0 Å². The van der Waals surface area contributed by atoms with Crippen LogP contribution in [-0.2, 0) is 0 Å². The van der Waals surface area contributed by atoms with Crippen molar-refractivity contribution in [1.82, 2.24) is 9.97 Å². The maximum Gasteiger partial charge on any atom is 0.218 e. The highest BCUT2D eigenvalue weighted by Crippen LogP contribution is 2.27. The quantitative estimate of drug-likeness (QED) is 0.832. The Morgan fingerprint density at radius 3 is 2.55 bits per heavy atom. The Bertz CT molecular complexity index is 473. The summed E-state index contributed by atoms with van der Waals surface area (Å²) in [6.45, 7) is 11.6. The van der Waals surface area contributed by atoms with E-state index in [9.17, 15) is 0 Å². The van der Waals surface area contributed by atoms with E-state index in [1.807, 2.05) is 6.07 Å². The van der Waals surface area contributed by atoms with Gasteiger partial charge < -0.3 is 10.1 Å². The molecule has 1 aromatic heterocycles. The zero-order valence-corrected chi connectivity index (χ0v) is 14.7. The van der Waals surface area contributed by atoms with Crippen LogP contribution in [0.5, 0.6) is 5.88 Å². The van der Waals surface area contributed by atoms with Crippen molar-refractivity contribution in [1.29, 1.82) is 0 Å². The van der Waals surface area contributed by atoms with Crippen molar-refractivity contribution < 1.29 is 4.74 Å². The maximum absolute atomic E-state index is 5.82. The molecule has 4 heteroatoms. The number of aromatic nitrogens is 2. The molecule has 2 unspecified atom stereocenters. The molecule has 2 atom stereocenters. The van der Waals surface area contributed by atoms with Crippen LogP contribution in [0.2, 0.25) is 0 Å². The molecular weight excluding hydrogens is 274 g/mol. The largest absolute Gasteiger partial charge is 0.477 e. The van der Waals surface area contributed by atoms with Crippen molar-refractivity contribution in [3.63, 3.8) is 0 Å². The Hall–Kier alpha value is -1.32. The van der Waals surface area contributed by atoms with Gasteiger partial charge in [0.25, 0.3) is 0 Å². The number of nitrogens with zero attached hydrogens (tertiary/aromatic N) is 2. The van der Waals surface area contributed by atoms with Gasteiger partial charge in [0.1, 0.15) is 11.6 Å². The Labute approximate surface area is 135 Å². The van der Waals surface area contributed by atoms with Crippen LogP contribution in [0.4, 0.5) is 5.82 Å². The SMILES string of the molecule is CC(C)COc1cc(NC2CCCCC2C)nc(C(C)C)n1. The van der Waals surface area contributed by atoms with Crippen LogP contribution in [0, 0.1) is 11.8 Å². The molecule has 22 heavy (non-hydrogen) atoms. The number of anilines is 1. The zero-order chi connectivity index (χ0) is 16.1. The maximum atomic E-state index is 5.82. The molecule has 0 spiro atoms. The number of ether oxygens (including phenoxy) is 1. The molecule has 0 amide bonds. The molecule has 0 radical (unpaired) electrons. The molecule has 1 heterocycles. The molecule has 124 valence electrons. The second kappa shape index (κ2) is 7.80. The molecule has 0 saturated heterocycles. The Kier molecular flexibility index (Phi) is 6.04. The van der Waals surface area contributed by atoms with E-state index >= 15 is 0 Å². The third-order valence-electron chi connectivity index (χ3n) is 4.25. The molecule has 4 nitrogen and oxygen atoms in total. The minimum Gasteiger partial charge on any atom is -0.477 e. The van der Waals surface area contributed by atoms with Crippen LogP contribution in [0.15, 0.2) is 6.07 Å². The van der Waals surface area contributed by atoms with Gasteiger partial charge in [-0.25, -0.2) is 4.98 Å². The first-order valence-corrected chi connectivity index (χ1v) is 8.74. The lowest BCUT2D eigenvalue weighted by Gasteiger charge is -2.30. The van der Waals surface area contributed by atoms with Crippen LogP contribution in [0.25, 0.3) is 0 Å². The fourth-order valence-corrected chi connectivity index (χ4v) is 2.82. The number of nitrogens with one attached hydrogen (secondary N) is 1. The summed E-state index contributed by atoms with van der Waals surface area (Å²) < 4.78 is 5.82. The summed E-state index contributed by atoms with van der Waals surface area (Å²) in [5.41, 5.74) is 0. The third-order valence-corrected chi connectivity index (χ3v) is 4.25. The van der Waals surface area contributed by atoms with Crippen molar-refractivity contribution in [3.05, 3.63) is 11.9 Å². The van der Waals surface area contributed by atoms with E-state index in [4.69, 9.17) is 4.74 Å². The average molecular weight is 305 g/mol. The minimum atomic E-state index is 0.298. The molecule has 1 fully saturated rings. The minimum absolute atomic E-state index is 0.298. The van der Waals surface area contributed by atoms with Crippen molar-refractivity contribution in [2.45, 2.75) is 72.3 Å². The summed E-state index contributed by atoms with van der Waals surface area (Å²) in [7, 11) is 0. The predicted octanol–water partition coefficient (Wildman–Crippen LogP) is 4.63. The summed E-state index contributed by atoms with van der Waals surface area (Å²) in [5.74, 6) is 3.95. The van der Waals surface area contributed by atoms with Gasteiger partial charge in [-0.15, -0.1) is 0 Å². The summed E-state index contributed by atoms with van der Waals surface area (Å²) >= 11 is 0. The van der Waals surface area contributed by atoms with E-state index in [0.29, 0.717) is 36.3 Å². The summed E-state index contributed by atoms with van der Waals surface area (Å²) in [5, 5.41) is 3.62. The van der Waals surface area contributed by atoms with Crippen LogP contribution in [0.3, 0.4) is 0 Å². The molecular formula is C18H31N3O. The van der Waals surface area contributed by atoms with E-state index in [1.165, 1.54) is 25.7 Å². The van der Waals surface area contributed by atoms with E-state index in [0.717, 1.165) is 11.6 Å². The number of hydrogen-bond acceptors (Lipinski definition) is 4. The van der Waals surface area contributed by atoms with E-state index in [-0.39, 0.29) is 0 Å². The van der Waals surface area contributed by atoms with Crippen LogP contribution in [0.1, 0.15) is 72.0 Å². The van der Waals surface area contributed by atoms with Crippen LogP contribution in [-0.4, -0.2) is 22.6 Å². The monoisotopic (exact) mass is 305 g/mol. The van der Waals surface area contributed by atoms with Gasteiger partial charge in [0.15, 0.2) is 0 Å². The first-order valence-electron chi connectivity index (χ1n) is 8.74. The highest BCUT2D eigenvalue weighted by atomic mass is 16.5. The average Bonchev–Trinajstić information content (AvgIpc) is 2.47. The van der Waals surface area contributed by atoms with Crippen molar-refractivity contribution in [2.75, 3.05) is 11.9 Å². The molecule has 0 aromatic carbocycles. The molecule has 1 aromatic rings. The van der Waals surface area contributed by atoms with Crippen molar-refractivity contribution >= 4 is 5.82 Å². The Morgan fingerprint density at radius 1 is 1.18 bits per heavy atom. The van der Waals surface area contributed by atoms with Gasteiger partial charge in [0.05, 0.1) is 6.61 Å². The molecule has 1 N–H and O–H groups in total. The predicted molar refractivity (Wildman–Crippen MR) is 91.5 cm³/mol. The molecule has 2 rings (SSSR count). The van der Waals surface area contributed by atoms with Crippen molar-refractivity contribution in [2.24, 2.45) is 11.8 Å². The Balaban J connectivity index is 2.14. The fraction of sp³-hybridized carbons (Fsp3) is 0.778. The van der Waals surface area contributed by atoms with E-state index in [2.05, 4.69) is 49.9 Å². The lowest BCUT2D eigenvalue weighted by Crippen LogP contribution is -2.30. The molecule has 0 aliphatic heterocycles. The van der Waals surface area contributed by atoms with Gasteiger partial charge >= 0.3 is 0 Å². The second-order valence-corrected chi connectivity index (χ2v) is 7.32. The van der Waals surface area contributed by atoms with Gasteiger partial charge in [0.2, 0.25) is 5.88 Å². The summed E-state index contributed by atoms with van der Waals surface area (Å²) in [6, 6.07) is 2.47. The van der Waals surface area contributed by atoms with Gasteiger partial charge in [-0.05, 0) is 24.7 Å². The molecule has 0 bridgehead atoms. The van der Waals surface area contributed by atoms with E-state index < -0.39 is 0 Å². The van der Waals surface area contributed by atoms with E-state index in [1.54, 1.807) is 0 Å². The first kappa shape index (κ1) is 17.0. The van der Waals surface area contributed by atoms with Crippen molar-refractivity contribution in [3.8, 4) is 5.88 Å². The van der Waals surface area contributed by atoms with Gasteiger partial charge in [-0.3, -0.25) is 0 Å². The highest BCUT2D eigenvalue weighted by molar-refractivity contribution is 5.40. The number of rotatable bonds is 6. The first-order chi connectivity index (χ1) is 10.5. The summed E-state index contributed by atoms with van der Waals surface area (Å²) in [4.78, 5) is 9.23.